The van der Waals surface area contributed by atoms with Crippen molar-refractivity contribution in [1.82, 2.24) is 14.8 Å². The molecule has 1 amide bonds. The van der Waals surface area contributed by atoms with E-state index in [0.29, 0.717) is 16.7 Å². The molecule has 1 aromatic heterocycles. The Morgan fingerprint density at radius 2 is 1.71 bits per heavy atom. The van der Waals surface area contributed by atoms with E-state index in [2.05, 4.69) is 15.5 Å². The Balaban J connectivity index is 1.52. The van der Waals surface area contributed by atoms with E-state index in [0.717, 1.165) is 28.1 Å². The Hall–Kier alpha value is -3.65. The van der Waals surface area contributed by atoms with Gasteiger partial charge in [-0.1, -0.05) is 54.2 Å². The molecule has 1 heterocycles. The second-order valence-electron chi connectivity index (χ2n) is 7.88. The van der Waals surface area contributed by atoms with Gasteiger partial charge in [-0.3, -0.25) is 9.36 Å². The average Bonchev–Trinajstić information content (AvgIpc) is 3.23. The molecule has 1 N–H and O–H groups in total. The molecule has 0 aliphatic carbocycles. The molecule has 34 heavy (non-hydrogen) atoms. The summed E-state index contributed by atoms with van der Waals surface area (Å²) >= 11 is 1.26. The lowest BCUT2D eigenvalue weighted by Crippen LogP contribution is -2.15. The Morgan fingerprint density at radius 3 is 2.44 bits per heavy atom. The molecule has 0 bridgehead atoms. The van der Waals surface area contributed by atoms with Crippen LogP contribution in [0.3, 0.4) is 0 Å². The topological polar surface area (TPSA) is 69.0 Å². The summed E-state index contributed by atoms with van der Waals surface area (Å²) in [5.74, 6) is 0.890. The molecule has 0 atom stereocenters. The molecule has 3 aromatic carbocycles. The quantitative estimate of drug-likeness (QED) is 0.333. The van der Waals surface area contributed by atoms with Gasteiger partial charge in [0.15, 0.2) is 11.0 Å². The zero-order valence-electron chi connectivity index (χ0n) is 19.2. The maximum atomic E-state index is 13.5. The lowest BCUT2D eigenvalue weighted by Gasteiger charge is -2.14. The van der Waals surface area contributed by atoms with Gasteiger partial charge in [-0.2, -0.15) is 0 Å². The van der Waals surface area contributed by atoms with Crippen molar-refractivity contribution in [3.63, 3.8) is 0 Å². The maximum Gasteiger partial charge on any atom is 0.234 e. The molecule has 4 aromatic rings. The van der Waals surface area contributed by atoms with Crippen LogP contribution in [0.25, 0.3) is 5.69 Å². The van der Waals surface area contributed by atoms with Crippen LogP contribution in [0, 0.1) is 26.6 Å². The predicted octanol–water partition coefficient (Wildman–Crippen LogP) is 5.64. The molecule has 0 radical (unpaired) electrons. The fourth-order valence-corrected chi connectivity index (χ4v) is 4.30. The van der Waals surface area contributed by atoms with E-state index in [9.17, 15) is 9.18 Å². The van der Waals surface area contributed by atoms with Gasteiger partial charge in [0.05, 0.1) is 5.75 Å². The maximum absolute atomic E-state index is 13.5. The SMILES string of the molecule is Cc1ccc(F)cc1NC(=O)CSc1nnc(COc2c(C)cccc2C)n1-c1ccccc1. The summed E-state index contributed by atoms with van der Waals surface area (Å²) in [6.45, 7) is 6.05. The summed E-state index contributed by atoms with van der Waals surface area (Å²) in [4.78, 5) is 12.6. The van der Waals surface area contributed by atoms with Crippen LogP contribution in [0.1, 0.15) is 22.5 Å². The van der Waals surface area contributed by atoms with Crippen molar-refractivity contribution in [1.29, 1.82) is 0 Å². The van der Waals surface area contributed by atoms with Gasteiger partial charge in [0.1, 0.15) is 18.2 Å². The van der Waals surface area contributed by atoms with Crippen LogP contribution < -0.4 is 10.1 Å². The van der Waals surface area contributed by atoms with E-state index in [1.165, 1.54) is 23.9 Å². The Labute approximate surface area is 202 Å². The van der Waals surface area contributed by atoms with E-state index in [1.807, 2.05) is 73.9 Å². The van der Waals surface area contributed by atoms with Crippen molar-refractivity contribution in [3.05, 3.63) is 95.1 Å². The van der Waals surface area contributed by atoms with Crippen molar-refractivity contribution in [2.24, 2.45) is 0 Å². The number of amides is 1. The summed E-state index contributed by atoms with van der Waals surface area (Å²) < 4.78 is 21.5. The van der Waals surface area contributed by atoms with Crippen LogP contribution in [-0.2, 0) is 11.4 Å². The second-order valence-corrected chi connectivity index (χ2v) is 8.82. The van der Waals surface area contributed by atoms with Crippen molar-refractivity contribution in [3.8, 4) is 11.4 Å². The van der Waals surface area contributed by atoms with E-state index in [-0.39, 0.29) is 18.3 Å². The molecule has 8 heteroatoms. The van der Waals surface area contributed by atoms with Crippen LogP contribution in [0.5, 0.6) is 5.75 Å². The number of carbonyl (C=O) groups is 1. The number of ether oxygens (including phenoxy) is 1. The minimum Gasteiger partial charge on any atom is -0.485 e. The first-order chi connectivity index (χ1) is 16.4. The molecule has 0 spiro atoms. The number of carbonyl (C=O) groups excluding carboxylic acids is 1. The Kier molecular flexibility index (Phi) is 7.27. The summed E-state index contributed by atoms with van der Waals surface area (Å²) in [6, 6.07) is 20.0. The third kappa shape index (κ3) is 5.46. The molecule has 6 nitrogen and oxygen atoms in total. The summed E-state index contributed by atoms with van der Waals surface area (Å²) in [5, 5.41) is 12.0. The summed E-state index contributed by atoms with van der Waals surface area (Å²) in [6.07, 6.45) is 0. The standard InChI is InChI=1S/C26H25FN4O2S/c1-17-12-13-20(27)14-22(17)28-24(32)16-34-26-30-29-23(31(26)21-10-5-4-6-11-21)15-33-25-18(2)8-7-9-19(25)3/h4-14H,15-16H2,1-3H3,(H,28,32). The molecule has 0 unspecified atom stereocenters. The highest BCUT2D eigenvalue weighted by Crippen LogP contribution is 2.26. The van der Waals surface area contributed by atoms with Crippen molar-refractivity contribution in [2.75, 3.05) is 11.1 Å². The largest absolute Gasteiger partial charge is 0.485 e. The Bertz CT molecular complexity index is 1290. The minimum atomic E-state index is -0.397. The fraction of sp³-hybridized carbons (Fsp3) is 0.192. The van der Waals surface area contributed by atoms with Crippen LogP contribution >= 0.6 is 11.8 Å². The molecule has 0 aliphatic rings. The summed E-state index contributed by atoms with van der Waals surface area (Å²) in [7, 11) is 0. The van der Waals surface area contributed by atoms with Crippen molar-refractivity contribution in [2.45, 2.75) is 32.5 Å². The number of hydrogen-bond acceptors (Lipinski definition) is 5. The van der Waals surface area contributed by atoms with E-state index < -0.39 is 5.82 Å². The number of nitrogens with zero attached hydrogens (tertiary/aromatic N) is 3. The van der Waals surface area contributed by atoms with Crippen LogP contribution in [-0.4, -0.2) is 26.4 Å². The van der Waals surface area contributed by atoms with Crippen molar-refractivity contribution >= 4 is 23.4 Å². The molecule has 0 saturated carbocycles. The van der Waals surface area contributed by atoms with E-state index in [1.54, 1.807) is 6.07 Å². The number of rotatable bonds is 8. The number of para-hydroxylation sites is 2. The monoisotopic (exact) mass is 476 g/mol. The summed E-state index contributed by atoms with van der Waals surface area (Å²) in [5.41, 5.74) is 4.21. The molecule has 174 valence electrons. The fourth-order valence-electron chi connectivity index (χ4n) is 3.53. The van der Waals surface area contributed by atoms with E-state index >= 15 is 0 Å². The number of thioether (sulfide) groups is 1. The molecular formula is C26H25FN4O2S. The van der Waals surface area contributed by atoms with Gasteiger partial charge in [-0.05, 0) is 61.7 Å². The highest BCUT2D eigenvalue weighted by atomic mass is 32.2. The van der Waals surface area contributed by atoms with Gasteiger partial charge in [0, 0.05) is 11.4 Å². The molecule has 0 saturated heterocycles. The number of hydrogen-bond donors (Lipinski definition) is 1. The first kappa shape index (κ1) is 23.5. The first-order valence-electron chi connectivity index (χ1n) is 10.8. The molecule has 0 fully saturated rings. The Morgan fingerprint density at radius 1 is 0.971 bits per heavy atom. The molecular weight excluding hydrogens is 451 g/mol. The third-order valence-corrected chi connectivity index (χ3v) is 6.20. The highest BCUT2D eigenvalue weighted by Gasteiger charge is 2.17. The number of halogens is 1. The van der Waals surface area contributed by atoms with Crippen LogP contribution in [0.2, 0.25) is 0 Å². The zero-order valence-corrected chi connectivity index (χ0v) is 20.0. The van der Waals surface area contributed by atoms with Gasteiger partial charge >= 0.3 is 0 Å². The van der Waals surface area contributed by atoms with Crippen molar-refractivity contribution < 1.29 is 13.9 Å². The average molecular weight is 477 g/mol. The van der Waals surface area contributed by atoms with Crippen LogP contribution in [0.15, 0.2) is 71.9 Å². The van der Waals surface area contributed by atoms with E-state index in [4.69, 9.17) is 4.74 Å². The number of nitrogens with one attached hydrogen (secondary N) is 1. The lowest BCUT2D eigenvalue weighted by molar-refractivity contribution is -0.113. The number of aromatic nitrogens is 3. The first-order valence-corrected chi connectivity index (χ1v) is 11.8. The van der Waals surface area contributed by atoms with Gasteiger partial charge < -0.3 is 10.1 Å². The molecule has 0 aliphatic heterocycles. The zero-order chi connectivity index (χ0) is 24.1. The smallest absolute Gasteiger partial charge is 0.234 e. The normalized spacial score (nSPS) is 10.8. The van der Waals surface area contributed by atoms with Crippen LogP contribution in [0.4, 0.5) is 10.1 Å². The third-order valence-electron chi connectivity index (χ3n) is 5.28. The second kappa shape index (κ2) is 10.5. The number of anilines is 1. The number of benzene rings is 3. The predicted molar refractivity (Wildman–Crippen MR) is 132 cm³/mol. The highest BCUT2D eigenvalue weighted by molar-refractivity contribution is 7.99. The molecule has 4 rings (SSSR count). The van der Waals surface area contributed by atoms with Gasteiger partial charge in [-0.15, -0.1) is 10.2 Å². The van der Waals surface area contributed by atoms with Gasteiger partial charge in [0.25, 0.3) is 0 Å². The number of aryl methyl sites for hydroxylation is 3. The lowest BCUT2D eigenvalue weighted by atomic mass is 10.1. The van der Waals surface area contributed by atoms with Gasteiger partial charge in [0.2, 0.25) is 5.91 Å². The van der Waals surface area contributed by atoms with Gasteiger partial charge in [-0.25, -0.2) is 4.39 Å². The minimum absolute atomic E-state index is 0.0959.